The molecule has 0 aromatic carbocycles. The lowest BCUT2D eigenvalue weighted by Crippen LogP contribution is -2.28. The quantitative estimate of drug-likeness (QED) is 0.780. The smallest absolute Gasteiger partial charge is 0.338 e. The first-order valence-corrected chi connectivity index (χ1v) is 7.66. The van der Waals surface area contributed by atoms with E-state index in [1.165, 1.54) is 20.0 Å². The van der Waals surface area contributed by atoms with E-state index in [1.54, 1.807) is 0 Å². The predicted molar refractivity (Wildman–Crippen MR) is 79.8 cm³/mol. The van der Waals surface area contributed by atoms with E-state index in [-0.39, 0.29) is 5.97 Å². The van der Waals surface area contributed by atoms with Crippen LogP contribution in [0.15, 0.2) is 6.07 Å². The standard InChI is InChI=1S/C16H22N2O3/c1-11-4-3-7-18(11)15-10-13(16(19)20-2)12-5-8-21-9-6-14(12)17-15/h10-11H,3-9H2,1-2H3/t11-/m0/s1. The maximum Gasteiger partial charge on any atom is 0.338 e. The van der Waals surface area contributed by atoms with Crippen molar-refractivity contribution in [2.24, 2.45) is 0 Å². The van der Waals surface area contributed by atoms with Crippen molar-refractivity contribution in [2.75, 3.05) is 31.8 Å². The Hall–Kier alpha value is -1.62. The lowest BCUT2D eigenvalue weighted by atomic mass is 10.0. The fourth-order valence-corrected chi connectivity index (χ4v) is 3.25. The number of anilines is 1. The summed E-state index contributed by atoms with van der Waals surface area (Å²) in [7, 11) is 1.43. The highest BCUT2D eigenvalue weighted by atomic mass is 16.5. The van der Waals surface area contributed by atoms with Crippen LogP contribution in [0.25, 0.3) is 0 Å². The van der Waals surface area contributed by atoms with Crippen LogP contribution in [0.5, 0.6) is 0 Å². The number of methoxy groups -OCH3 is 1. The van der Waals surface area contributed by atoms with E-state index >= 15 is 0 Å². The molecule has 1 aromatic rings. The lowest BCUT2D eigenvalue weighted by Gasteiger charge is -2.24. The Kier molecular flexibility index (Phi) is 4.10. The molecule has 1 atom stereocenters. The molecule has 1 saturated heterocycles. The molecular formula is C16H22N2O3. The fraction of sp³-hybridized carbons (Fsp3) is 0.625. The number of carbonyl (C=O) groups is 1. The molecule has 3 heterocycles. The van der Waals surface area contributed by atoms with E-state index in [0.29, 0.717) is 24.8 Å². The third kappa shape index (κ3) is 2.75. The second kappa shape index (κ2) is 6.02. The van der Waals surface area contributed by atoms with Crippen molar-refractivity contribution in [1.82, 2.24) is 4.98 Å². The van der Waals surface area contributed by atoms with Crippen LogP contribution in [0.2, 0.25) is 0 Å². The van der Waals surface area contributed by atoms with Gasteiger partial charge in [-0.25, -0.2) is 9.78 Å². The maximum absolute atomic E-state index is 12.1. The van der Waals surface area contributed by atoms with Crippen molar-refractivity contribution in [1.29, 1.82) is 0 Å². The molecule has 1 aromatic heterocycles. The first-order valence-electron chi connectivity index (χ1n) is 7.66. The number of esters is 1. The van der Waals surface area contributed by atoms with Crippen LogP contribution >= 0.6 is 0 Å². The normalized spacial score (nSPS) is 21.8. The molecule has 0 radical (unpaired) electrons. The van der Waals surface area contributed by atoms with Gasteiger partial charge in [0.05, 0.1) is 25.9 Å². The van der Waals surface area contributed by atoms with E-state index < -0.39 is 0 Å². The van der Waals surface area contributed by atoms with Gasteiger partial charge in [-0.1, -0.05) is 0 Å². The minimum Gasteiger partial charge on any atom is -0.465 e. The number of carbonyl (C=O) groups excluding carboxylic acids is 1. The van der Waals surface area contributed by atoms with Crippen LogP contribution in [-0.4, -0.2) is 43.9 Å². The Bertz CT molecular complexity index is 545. The van der Waals surface area contributed by atoms with Crippen LogP contribution in [-0.2, 0) is 22.3 Å². The molecule has 0 saturated carbocycles. The molecule has 21 heavy (non-hydrogen) atoms. The average Bonchev–Trinajstić information content (AvgIpc) is 2.78. The number of nitrogens with zero attached hydrogens (tertiary/aromatic N) is 2. The molecule has 2 aliphatic heterocycles. The fourth-order valence-electron chi connectivity index (χ4n) is 3.25. The van der Waals surface area contributed by atoms with Gasteiger partial charge in [0.1, 0.15) is 5.82 Å². The second-order valence-electron chi connectivity index (χ2n) is 5.74. The van der Waals surface area contributed by atoms with E-state index in [2.05, 4.69) is 11.8 Å². The molecule has 114 valence electrons. The Balaban J connectivity index is 2.06. The van der Waals surface area contributed by atoms with Gasteiger partial charge in [-0.3, -0.25) is 0 Å². The molecule has 0 aliphatic carbocycles. The van der Waals surface area contributed by atoms with Gasteiger partial charge in [0.15, 0.2) is 0 Å². The van der Waals surface area contributed by atoms with Crippen molar-refractivity contribution in [3.8, 4) is 0 Å². The van der Waals surface area contributed by atoms with Gasteiger partial charge in [-0.05, 0) is 37.8 Å². The summed E-state index contributed by atoms with van der Waals surface area (Å²) in [6, 6.07) is 2.38. The van der Waals surface area contributed by atoms with Crippen LogP contribution in [0.3, 0.4) is 0 Å². The molecule has 0 bridgehead atoms. The Morgan fingerprint density at radius 3 is 2.95 bits per heavy atom. The number of pyridine rings is 1. The van der Waals surface area contributed by atoms with Crippen molar-refractivity contribution in [3.05, 3.63) is 22.9 Å². The molecule has 0 N–H and O–H groups in total. The summed E-state index contributed by atoms with van der Waals surface area (Å²) >= 11 is 0. The van der Waals surface area contributed by atoms with E-state index in [1.807, 2.05) is 6.07 Å². The maximum atomic E-state index is 12.1. The number of hydrogen-bond donors (Lipinski definition) is 0. The van der Waals surface area contributed by atoms with Crippen molar-refractivity contribution < 1.29 is 14.3 Å². The zero-order valence-corrected chi connectivity index (χ0v) is 12.7. The number of aromatic nitrogens is 1. The van der Waals surface area contributed by atoms with Crippen LogP contribution < -0.4 is 4.90 Å². The van der Waals surface area contributed by atoms with E-state index in [4.69, 9.17) is 14.5 Å². The molecular weight excluding hydrogens is 268 g/mol. The molecule has 5 heteroatoms. The zero-order chi connectivity index (χ0) is 14.8. The second-order valence-corrected chi connectivity index (χ2v) is 5.74. The van der Waals surface area contributed by atoms with Crippen molar-refractivity contribution in [2.45, 2.75) is 38.6 Å². The minimum absolute atomic E-state index is 0.274. The highest BCUT2D eigenvalue weighted by molar-refractivity contribution is 5.92. The van der Waals surface area contributed by atoms with Crippen molar-refractivity contribution in [3.63, 3.8) is 0 Å². The highest BCUT2D eigenvalue weighted by Gasteiger charge is 2.26. The number of ether oxygens (including phenoxy) is 2. The van der Waals surface area contributed by atoms with Gasteiger partial charge in [0, 0.05) is 24.7 Å². The largest absolute Gasteiger partial charge is 0.465 e. The first-order chi connectivity index (χ1) is 10.2. The minimum atomic E-state index is -0.274. The molecule has 1 fully saturated rings. The van der Waals surface area contributed by atoms with Crippen molar-refractivity contribution >= 4 is 11.8 Å². The van der Waals surface area contributed by atoms with E-state index in [0.717, 1.165) is 36.5 Å². The third-order valence-corrected chi connectivity index (χ3v) is 4.43. The molecule has 5 nitrogen and oxygen atoms in total. The van der Waals surface area contributed by atoms with Gasteiger partial charge in [-0.15, -0.1) is 0 Å². The predicted octanol–water partition coefficient (Wildman–Crippen LogP) is 1.97. The summed E-state index contributed by atoms with van der Waals surface area (Å²) < 4.78 is 10.5. The Morgan fingerprint density at radius 2 is 2.24 bits per heavy atom. The molecule has 3 rings (SSSR count). The summed E-state index contributed by atoms with van der Waals surface area (Å²) in [4.78, 5) is 19.2. The Labute approximate surface area is 125 Å². The molecule has 2 aliphatic rings. The van der Waals surface area contributed by atoms with Crippen LogP contribution in [0.4, 0.5) is 5.82 Å². The Morgan fingerprint density at radius 1 is 1.43 bits per heavy atom. The summed E-state index contributed by atoms with van der Waals surface area (Å²) in [5.74, 6) is 0.629. The van der Waals surface area contributed by atoms with Gasteiger partial charge in [0.25, 0.3) is 0 Å². The topological polar surface area (TPSA) is 51.7 Å². The highest BCUT2D eigenvalue weighted by Crippen LogP contribution is 2.28. The third-order valence-electron chi connectivity index (χ3n) is 4.43. The molecule has 0 unspecified atom stereocenters. The number of fused-ring (bicyclic) bond motifs is 1. The monoisotopic (exact) mass is 290 g/mol. The summed E-state index contributed by atoms with van der Waals surface area (Å²) in [5.41, 5.74) is 2.64. The summed E-state index contributed by atoms with van der Waals surface area (Å²) in [6.45, 7) is 4.52. The summed E-state index contributed by atoms with van der Waals surface area (Å²) in [6.07, 6.45) is 3.84. The molecule has 0 spiro atoms. The average molecular weight is 290 g/mol. The lowest BCUT2D eigenvalue weighted by molar-refractivity contribution is 0.0599. The van der Waals surface area contributed by atoms with Crippen LogP contribution in [0.1, 0.15) is 41.4 Å². The van der Waals surface area contributed by atoms with Gasteiger partial charge in [0.2, 0.25) is 0 Å². The van der Waals surface area contributed by atoms with Gasteiger partial charge in [-0.2, -0.15) is 0 Å². The molecule has 0 amide bonds. The number of rotatable bonds is 2. The van der Waals surface area contributed by atoms with Gasteiger partial charge < -0.3 is 14.4 Å². The summed E-state index contributed by atoms with van der Waals surface area (Å²) in [5, 5.41) is 0. The SMILES string of the molecule is COC(=O)c1cc(N2CCC[C@@H]2C)nc2c1CCOCC2. The van der Waals surface area contributed by atoms with Crippen LogP contribution in [0, 0.1) is 0 Å². The first kappa shape index (κ1) is 14.3. The van der Waals surface area contributed by atoms with E-state index in [9.17, 15) is 4.79 Å². The van der Waals surface area contributed by atoms with Gasteiger partial charge >= 0.3 is 5.97 Å². The number of hydrogen-bond acceptors (Lipinski definition) is 5. The zero-order valence-electron chi connectivity index (χ0n) is 12.7.